The molecule has 6 atom stereocenters. The van der Waals surface area contributed by atoms with Crippen LogP contribution < -0.4 is 5.32 Å². The van der Waals surface area contributed by atoms with Crippen LogP contribution >= 0.6 is 23.2 Å². The first-order chi connectivity index (χ1) is 8.92. The first-order valence-corrected chi connectivity index (χ1v) is 8.37. The normalized spacial score (nSPS) is 53.1. The molecule has 2 bridgehead atoms. The van der Waals surface area contributed by atoms with Gasteiger partial charge in [-0.15, -0.1) is 23.2 Å². The molecule has 1 amide bonds. The van der Waals surface area contributed by atoms with E-state index < -0.39 is 9.75 Å². The maximum atomic E-state index is 12.4. The van der Waals surface area contributed by atoms with Gasteiger partial charge in [0.15, 0.2) is 0 Å². The fourth-order valence-electron chi connectivity index (χ4n) is 5.21. The lowest BCUT2D eigenvalue weighted by Crippen LogP contribution is -2.45. The van der Waals surface area contributed by atoms with Crippen LogP contribution in [-0.4, -0.2) is 16.3 Å². The third-order valence-corrected chi connectivity index (χ3v) is 7.61. The molecular weight excluding hydrogens is 281 g/mol. The highest BCUT2D eigenvalue weighted by atomic mass is 35.5. The van der Waals surface area contributed by atoms with Gasteiger partial charge in [-0.3, -0.25) is 4.79 Å². The molecule has 0 spiro atoms. The number of carbonyl (C=O) groups is 1. The van der Waals surface area contributed by atoms with Crippen LogP contribution in [0, 0.1) is 29.1 Å². The summed E-state index contributed by atoms with van der Waals surface area (Å²) in [7, 11) is 0. The lowest BCUT2D eigenvalue weighted by Gasteiger charge is -2.32. The van der Waals surface area contributed by atoms with E-state index in [2.05, 4.69) is 5.32 Å². The number of amides is 1. The van der Waals surface area contributed by atoms with Crippen molar-refractivity contribution >= 4 is 29.1 Å². The molecule has 19 heavy (non-hydrogen) atoms. The number of carbonyl (C=O) groups excluding carboxylic acids is 1. The molecule has 1 N–H and O–H groups in total. The summed E-state index contributed by atoms with van der Waals surface area (Å²) in [6.07, 6.45) is 7.31. The second kappa shape index (κ2) is 3.82. The second-order valence-electron chi connectivity index (χ2n) is 7.45. The molecule has 0 aromatic carbocycles. The summed E-state index contributed by atoms with van der Waals surface area (Å²) in [5.41, 5.74) is -0.562. The van der Waals surface area contributed by atoms with Gasteiger partial charge in [-0.05, 0) is 62.7 Å². The Morgan fingerprint density at radius 1 is 1.16 bits per heavy atom. The molecular formula is C15H21Cl2NO. The van der Waals surface area contributed by atoms with E-state index in [4.69, 9.17) is 23.2 Å². The SMILES string of the molecule is C[C@]1(C(=O)N[C@@H]2C[C@H]3C[C@H]2[C@H]2CCC[C@@H]32)CC1(Cl)Cl. The molecule has 0 aromatic heterocycles. The van der Waals surface area contributed by atoms with Crippen LogP contribution in [-0.2, 0) is 4.79 Å². The van der Waals surface area contributed by atoms with Crippen LogP contribution in [0.4, 0.5) is 0 Å². The maximum absolute atomic E-state index is 12.4. The Balaban J connectivity index is 1.44. The molecule has 0 aromatic rings. The van der Waals surface area contributed by atoms with Gasteiger partial charge in [-0.2, -0.15) is 0 Å². The Bertz CT molecular complexity index is 438. The highest BCUT2D eigenvalue weighted by Crippen LogP contribution is 2.64. The third-order valence-electron chi connectivity index (χ3n) is 6.50. The average molecular weight is 302 g/mol. The van der Waals surface area contributed by atoms with Crippen LogP contribution in [0.3, 0.4) is 0 Å². The van der Waals surface area contributed by atoms with Crippen molar-refractivity contribution in [2.45, 2.75) is 55.8 Å². The summed E-state index contributed by atoms with van der Waals surface area (Å²) >= 11 is 12.2. The van der Waals surface area contributed by atoms with Gasteiger partial charge in [0.05, 0.1) is 5.41 Å². The molecule has 4 heteroatoms. The molecule has 0 radical (unpaired) electrons. The quantitative estimate of drug-likeness (QED) is 0.777. The van der Waals surface area contributed by atoms with Gasteiger partial charge < -0.3 is 5.32 Å². The lowest BCUT2D eigenvalue weighted by molar-refractivity contribution is -0.127. The topological polar surface area (TPSA) is 29.1 Å². The second-order valence-corrected chi connectivity index (χ2v) is 8.93. The summed E-state index contributed by atoms with van der Waals surface area (Å²) in [5.74, 6) is 3.52. The Labute approximate surface area is 124 Å². The molecule has 4 rings (SSSR count). The summed E-state index contributed by atoms with van der Waals surface area (Å²) in [6, 6.07) is 0.387. The van der Waals surface area contributed by atoms with E-state index in [1.807, 2.05) is 6.92 Å². The van der Waals surface area contributed by atoms with E-state index >= 15 is 0 Å². The Morgan fingerprint density at radius 2 is 1.84 bits per heavy atom. The molecule has 106 valence electrons. The minimum atomic E-state index is -0.843. The zero-order valence-corrected chi connectivity index (χ0v) is 12.8. The van der Waals surface area contributed by atoms with Crippen LogP contribution in [0.5, 0.6) is 0 Å². The smallest absolute Gasteiger partial charge is 0.229 e. The van der Waals surface area contributed by atoms with Crippen molar-refractivity contribution < 1.29 is 4.79 Å². The van der Waals surface area contributed by atoms with E-state index in [0.717, 1.165) is 23.7 Å². The zero-order valence-electron chi connectivity index (χ0n) is 11.3. The number of hydrogen-bond acceptors (Lipinski definition) is 1. The van der Waals surface area contributed by atoms with E-state index in [1.165, 1.54) is 32.1 Å². The third kappa shape index (κ3) is 1.65. The minimum Gasteiger partial charge on any atom is -0.353 e. The Kier molecular flexibility index (Phi) is 2.57. The van der Waals surface area contributed by atoms with E-state index in [0.29, 0.717) is 12.5 Å². The van der Waals surface area contributed by atoms with Gasteiger partial charge >= 0.3 is 0 Å². The Hall–Kier alpha value is 0.0500. The maximum Gasteiger partial charge on any atom is 0.229 e. The van der Waals surface area contributed by atoms with Crippen molar-refractivity contribution in [3.63, 3.8) is 0 Å². The average Bonchev–Trinajstić information content (AvgIpc) is 2.79. The summed E-state index contributed by atoms with van der Waals surface area (Å²) in [4.78, 5) is 12.4. The molecule has 0 aliphatic heterocycles. The predicted octanol–water partition coefficient (Wildman–Crippen LogP) is 3.51. The van der Waals surface area contributed by atoms with Crippen LogP contribution in [0.2, 0.25) is 0 Å². The van der Waals surface area contributed by atoms with Crippen LogP contribution in [0.1, 0.15) is 45.4 Å². The Morgan fingerprint density at radius 3 is 2.53 bits per heavy atom. The van der Waals surface area contributed by atoms with E-state index in [1.54, 1.807) is 0 Å². The molecule has 4 aliphatic carbocycles. The summed E-state index contributed by atoms with van der Waals surface area (Å²) < 4.78 is -0.843. The molecule has 2 nitrogen and oxygen atoms in total. The molecule has 4 saturated carbocycles. The molecule has 0 saturated heterocycles. The predicted molar refractivity (Wildman–Crippen MR) is 76.1 cm³/mol. The minimum absolute atomic E-state index is 0.0737. The number of alkyl halides is 2. The van der Waals surface area contributed by atoms with E-state index in [-0.39, 0.29) is 5.91 Å². The largest absolute Gasteiger partial charge is 0.353 e. The zero-order chi connectivity index (χ0) is 13.4. The monoisotopic (exact) mass is 301 g/mol. The van der Waals surface area contributed by atoms with Crippen LogP contribution in [0.15, 0.2) is 0 Å². The van der Waals surface area contributed by atoms with Gasteiger partial charge in [0.1, 0.15) is 4.33 Å². The van der Waals surface area contributed by atoms with Crippen molar-refractivity contribution in [2.24, 2.45) is 29.1 Å². The lowest BCUT2D eigenvalue weighted by atomic mass is 9.79. The van der Waals surface area contributed by atoms with Crippen molar-refractivity contribution in [3.8, 4) is 0 Å². The summed E-state index contributed by atoms with van der Waals surface area (Å²) in [5, 5.41) is 3.27. The number of hydrogen-bond donors (Lipinski definition) is 1. The standard InChI is InChI=1S/C15H21Cl2NO/c1-14(7-15(14,16)17)13(19)18-12-6-8-5-11(12)10-4-2-3-9(8)10/h8-12H,2-7H2,1H3,(H,18,19)/t8-,9+,10+,11+,12-,14-/m1/s1. The van der Waals surface area contributed by atoms with Gasteiger partial charge in [0.2, 0.25) is 5.91 Å². The fraction of sp³-hybridized carbons (Fsp3) is 0.933. The van der Waals surface area contributed by atoms with Crippen molar-refractivity contribution in [2.75, 3.05) is 0 Å². The molecule has 0 heterocycles. The highest BCUT2D eigenvalue weighted by Gasteiger charge is 2.68. The number of rotatable bonds is 2. The van der Waals surface area contributed by atoms with Crippen molar-refractivity contribution in [1.82, 2.24) is 5.32 Å². The van der Waals surface area contributed by atoms with Crippen LogP contribution in [0.25, 0.3) is 0 Å². The van der Waals surface area contributed by atoms with E-state index in [9.17, 15) is 4.79 Å². The first kappa shape index (κ1) is 12.8. The molecule has 4 fully saturated rings. The number of halogens is 2. The van der Waals surface area contributed by atoms with Gasteiger partial charge in [0, 0.05) is 6.04 Å². The van der Waals surface area contributed by atoms with Crippen molar-refractivity contribution in [1.29, 1.82) is 0 Å². The molecule has 0 unspecified atom stereocenters. The number of fused-ring (bicyclic) bond motifs is 5. The van der Waals surface area contributed by atoms with Gasteiger partial charge in [-0.25, -0.2) is 0 Å². The first-order valence-electron chi connectivity index (χ1n) is 7.61. The van der Waals surface area contributed by atoms with Gasteiger partial charge in [-0.1, -0.05) is 6.42 Å². The molecule has 4 aliphatic rings. The number of nitrogens with one attached hydrogen (secondary N) is 1. The fourth-order valence-corrected chi connectivity index (χ4v) is 5.91. The highest BCUT2D eigenvalue weighted by molar-refractivity contribution is 6.53. The van der Waals surface area contributed by atoms with Gasteiger partial charge in [0.25, 0.3) is 0 Å². The summed E-state index contributed by atoms with van der Waals surface area (Å²) in [6.45, 7) is 1.88. The van der Waals surface area contributed by atoms with Crippen molar-refractivity contribution in [3.05, 3.63) is 0 Å².